The number of hydrogen-bond donors (Lipinski definition) is 1. The summed E-state index contributed by atoms with van der Waals surface area (Å²) in [7, 11) is -2.86. The van der Waals surface area contributed by atoms with Crippen molar-refractivity contribution < 1.29 is 9.09 Å². The molecule has 1 N–H and O–H groups in total. The van der Waals surface area contributed by atoms with Crippen LogP contribution in [0.25, 0.3) is 0 Å². The highest BCUT2D eigenvalue weighted by atomic mass is 35.5. The van der Waals surface area contributed by atoms with Gasteiger partial charge in [0.1, 0.15) is 0 Å². The summed E-state index contributed by atoms with van der Waals surface area (Å²) in [6, 6.07) is 7.10. The number of nitrogens with one attached hydrogen (secondary N) is 1. The Morgan fingerprint density at radius 3 is 2.82 bits per heavy atom. The standard InChI is InChI=1S/C12H17ClNO2P/c1-9-14-12(2,3)8-16-17(9,15)11-6-4-5-10(13)7-11/h4-7,9,14H,8H2,1-3H3/t9-,17?/m0/s1. The second-order valence-corrected chi connectivity index (χ2v) is 8.23. The molecule has 1 heterocycles. The van der Waals surface area contributed by atoms with Crippen molar-refractivity contribution in [2.75, 3.05) is 6.61 Å². The summed E-state index contributed by atoms with van der Waals surface area (Å²) in [5.41, 5.74) is -0.147. The maximum atomic E-state index is 12.9. The Morgan fingerprint density at radius 2 is 2.24 bits per heavy atom. The monoisotopic (exact) mass is 273 g/mol. The summed E-state index contributed by atoms with van der Waals surface area (Å²) in [5, 5.41) is 4.60. The van der Waals surface area contributed by atoms with E-state index in [9.17, 15) is 4.57 Å². The maximum Gasteiger partial charge on any atom is 0.248 e. The first-order valence-electron chi connectivity index (χ1n) is 5.62. The Morgan fingerprint density at radius 1 is 1.53 bits per heavy atom. The molecule has 1 aromatic carbocycles. The zero-order valence-corrected chi connectivity index (χ0v) is 11.9. The lowest BCUT2D eigenvalue weighted by Gasteiger charge is -2.40. The molecule has 0 amide bonds. The summed E-state index contributed by atoms with van der Waals surface area (Å²) >= 11 is 5.93. The van der Waals surface area contributed by atoms with Crippen molar-refractivity contribution in [1.82, 2.24) is 5.32 Å². The second-order valence-electron chi connectivity index (χ2n) is 5.05. The Balaban J connectivity index is 2.35. The van der Waals surface area contributed by atoms with Gasteiger partial charge in [0.05, 0.1) is 12.4 Å². The fourth-order valence-electron chi connectivity index (χ4n) is 2.03. The molecule has 1 aromatic rings. The molecule has 1 fully saturated rings. The molecule has 0 radical (unpaired) electrons. The van der Waals surface area contributed by atoms with E-state index in [-0.39, 0.29) is 11.3 Å². The summed E-state index contributed by atoms with van der Waals surface area (Å²) in [6.07, 6.45) is 0. The third kappa shape index (κ3) is 2.58. The van der Waals surface area contributed by atoms with Crippen LogP contribution in [-0.4, -0.2) is 17.9 Å². The molecule has 1 saturated heterocycles. The highest BCUT2D eigenvalue weighted by molar-refractivity contribution is 7.67. The molecule has 17 heavy (non-hydrogen) atoms. The number of rotatable bonds is 1. The average molecular weight is 274 g/mol. The molecule has 0 saturated carbocycles. The average Bonchev–Trinajstić information content (AvgIpc) is 2.24. The van der Waals surface area contributed by atoms with E-state index in [1.54, 1.807) is 18.2 Å². The zero-order chi connectivity index (χ0) is 12.7. The molecule has 0 aliphatic carbocycles. The fraction of sp³-hybridized carbons (Fsp3) is 0.500. The molecule has 1 aliphatic rings. The highest BCUT2D eigenvalue weighted by Gasteiger charge is 2.42. The van der Waals surface area contributed by atoms with Crippen molar-refractivity contribution in [2.45, 2.75) is 32.1 Å². The Bertz CT molecular complexity index is 475. The van der Waals surface area contributed by atoms with Crippen molar-refractivity contribution in [3.05, 3.63) is 29.3 Å². The van der Waals surface area contributed by atoms with Crippen molar-refractivity contribution in [2.24, 2.45) is 0 Å². The predicted molar refractivity (Wildman–Crippen MR) is 71.3 cm³/mol. The van der Waals surface area contributed by atoms with E-state index in [0.29, 0.717) is 16.9 Å². The number of halogens is 1. The molecule has 5 heteroatoms. The highest BCUT2D eigenvalue weighted by Crippen LogP contribution is 2.53. The largest absolute Gasteiger partial charge is 0.322 e. The van der Waals surface area contributed by atoms with Gasteiger partial charge in [0.2, 0.25) is 7.37 Å². The number of hydrogen-bond acceptors (Lipinski definition) is 3. The molecule has 2 rings (SSSR count). The lowest BCUT2D eigenvalue weighted by atomic mass is 10.1. The minimum Gasteiger partial charge on any atom is -0.322 e. The fourth-order valence-corrected chi connectivity index (χ4v) is 4.76. The lowest BCUT2D eigenvalue weighted by Crippen LogP contribution is -2.53. The Kier molecular flexibility index (Phi) is 3.39. The molecule has 94 valence electrons. The van der Waals surface area contributed by atoms with Crippen LogP contribution in [0.5, 0.6) is 0 Å². The van der Waals surface area contributed by atoms with Gasteiger partial charge in [-0.15, -0.1) is 0 Å². The molecule has 0 aromatic heterocycles. The van der Waals surface area contributed by atoms with Gasteiger partial charge in [0, 0.05) is 15.9 Å². The van der Waals surface area contributed by atoms with E-state index in [1.165, 1.54) is 0 Å². The van der Waals surface area contributed by atoms with Crippen LogP contribution in [0.3, 0.4) is 0 Å². The van der Waals surface area contributed by atoms with E-state index in [2.05, 4.69) is 5.32 Å². The van der Waals surface area contributed by atoms with E-state index in [1.807, 2.05) is 26.8 Å². The van der Waals surface area contributed by atoms with Gasteiger partial charge in [-0.2, -0.15) is 0 Å². The summed E-state index contributed by atoms with van der Waals surface area (Å²) < 4.78 is 18.5. The molecular weight excluding hydrogens is 257 g/mol. The molecule has 1 unspecified atom stereocenters. The van der Waals surface area contributed by atoms with Crippen LogP contribution in [0, 0.1) is 0 Å². The van der Waals surface area contributed by atoms with Crippen LogP contribution in [0.4, 0.5) is 0 Å². The van der Waals surface area contributed by atoms with Crippen LogP contribution >= 0.6 is 19.0 Å². The van der Waals surface area contributed by atoms with Gasteiger partial charge in [0.25, 0.3) is 0 Å². The van der Waals surface area contributed by atoms with Gasteiger partial charge in [-0.3, -0.25) is 9.88 Å². The molecule has 0 spiro atoms. The minimum absolute atomic E-state index is 0.147. The first-order valence-corrected chi connectivity index (χ1v) is 7.69. The van der Waals surface area contributed by atoms with Crippen molar-refractivity contribution in [3.8, 4) is 0 Å². The van der Waals surface area contributed by atoms with Gasteiger partial charge in [-0.1, -0.05) is 17.7 Å². The summed E-state index contributed by atoms with van der Waals surface area (Å²) in [5.74, 6) is -0.204. The second kappa shape index (κ2) is 4.40. The van der Waals surface area contributed by atoms with Crippen molar-refractivity contribution in [1.29, 1.82) is 0 Å². The van der Waals surface area contributed by atoms with Gasteiger partial charge in [-0.05, 0) is 39.0 Å². The smallest absolute Gasteiger partial charge is 0.248 e. The van der Waals surface area contributed by atoms with Gasteiger partial charge < -0.3 is 4.52 Å². The molecular formula is C12H17ClNO2P. The van der Waals surface area contributed by atoms with Crippen molar-refractivity contribution >= 4 is 24.3 Å². The predicted octanol–water partition coefficient (Wildman–Crippen LogP) is 2.99. The van der Waals surface area contributed by atoms with E-state index in [0.717, 1.165) is 0 Å². The van der Waals surface area contributed by atoms with Crippen LogP contribution in [-0.2, 0) is 9.09 Å². The van der Waals surface area contributed by atoms with Crippen molar-refractivity contribution in [3.63, 3.8) is 0 Å². The molecule has 0 bridgehead atoms. The topological polar surface area (TPSA) is 38.3 Å². The van der Waals surface area contributed by atoms with Gasteiger partial charge >= 0.3 is 0 Å². The van der Waals surface area contributed by atoms with Crippen LogP contribution in [0.2, 0.25) is 5.02 Å². The van der Waals surface area contributed by atoms with Gasteiger partial charge in [-0.25, -0.2) is 0 Å². The quantitative estimate of drug-likeness (QED) is 0.800. The first-order chi connectivity index (χ1) is 7.83. The minimum atomic E-state index is -2.86. The maximum absolute atomic E-state index is 12.9. The lowest BCUT2D eigenvalue weighted by molar-refractivity contribution is 0.174. The van der Waals surface area contributed by atoms with E-state index in [4.69, 9.17) is 16.1 Å². The SMILES string of the molecule is C[C@H]1NC(C)(C)COP1(=O)c1cccc(Cl)c1. The first kappa shape index (κ1) is 13.1. The number of benzene rings is 1. The third-order valence-corrected chi connectivity index (χ3v) is 5.79. The summed E-state index contributed by atoms with van der Waals surface area (Å²) in [4.78, 5) is 0. The van der Waals surface area contributed by atoms with Crippen LogP contribution in [0.1, 0.15) is 20.8 Å². The zero-order valence-electron chi connectivity index (χ0n) is 10.2. The molecule has 3 nitrogen and oxygen atoms in total. The molecule has 1 aliphatic heterocycles. The Hall–Kier alpha value is -0.340. The van der Waals surface area contributed by atoms with Crippen LogP contribution in [0.15, 0.2) is 24.3 Å². The third-order valence-electron chi connectivity index (χ3n) is 2.89. The summed E-state index contributed by atoms with van der Waals surface area (Å²) in [6.45, 7) is 6.39. The molecule has 2 atom stereocenters. The van der Waals surface area contributed by atoms with Crippen LogP contribution < -0.4 is 10.6 Å². The van der Waals surface area contributed by atoms with Gasteiger partial charge in [0.15, 0.2) is 0 Å². The Labute approximate surface area is 107 Å². The van der Waals surface area contributed by atoms with E-state index >= 15 is 0 Å². The normalized spacial score (nSPS) is 32.4. The van der Waals surface area contributed by atoms with E-state index < -0.39 is 7.37 Å².